The van der Waals surface area contributed by atoms with Crippen LogP contribution >= 0.6 is 0 Å². The van der Waals surface area contributed by atoms with Gasteiger partial charge in [-0.2, -0.15) is 0 Å². The molecule has 10 atom stereocenters. The van der Waals surface area contributed by atoms with Gasteiger partial charge in [-0.1, -0.05) is 11.6 Å². The lowest BCUT2D eigenvalue weighted by atomic mass is 9.54. The predicted molar refractivity (Wildman–Crippen MR) is 159 cm³/mol. The lowest BCUT2D eigenvalue weighted by molar-refractivity contribution is -0.360. The predicted octanol–water partition coefficient (Wildman–Crippen LogP) is -2.08. The summed E-state index contributed by atoms with van der Waals surface area (Å²) in [5.74, 6) is 3.28. The van der Waals surface area contributed by atoms with Crippen molar-refractivity contribution in [1.29, 1.82) is 0 Å². The highest BCUT2D eigenvalue weighted by molar-refractivity contribution is 5.76. The standard InChI is InChI=1S/C31H50N4O12/c36-12-20-24(39)25(40)27(42)31(45-20)47-29-21(13-37)46-30(28(43)26(29)41)44-14-19-11-35(34-33-19)5-3-1-2-4-22(38)32-23-17-7-15-6-16(9-17)10-18(23)8-15/h11,15-18,20-21,23-31,36-37,39-43H,1-10,12-14H2,(H,32,38)/t15?,16?,17?,18?,20-,21-,23?,24+,25+,26-,27-,28-,29-,30-,31+/m1/s1. The second kappa shape index (κ2) is 15.4. The summed E-state index contributed by atoms with van der Waals surface area (Å²) < 4.78 is 23.8. The van der Waals surface area contributed by atoms with Crippen LogP contribution in [0, 0.1) is 23.7 Å². The fraction of sp³-hybridized carbons (Fsp3) is 0.903. The summed E-state index contributed by atoms with van der Waals surface area (Å²) in [6, 6.07) is 0.371. The molecule has 0 aromatic carbocycles. The third-order valence-corrected chi connectivity index (χ3v) is 10.8. The van der Waals surface area contributed by atoms with E-state index in [1.165, 1.54) is 32.1 Å². The zero-order valence-corrected chi connectivity index (χ0v) is 26.4. The highest BCUT2D eigenvalue weighted by atomic mass is 16.7. The van der Waals surface area contributed by atoms with Crippen molar-refractivity contribution < 1.29 is 59.5 Å². The minimum atomic E-state index is -1.75. The quantitative estimate of drug-likeness (QED) is 0.0992. The average Bonchev–Trinajstić information content (AvgIpc) is 3.51. The van der Waals surface area contributed by atoms with Gasteiger partial charge in [0, 0.05) is 19.0 Å². The van der Waals surface area contributed by atoms with Gasteiger partial charge in [0.1, 0.15) is 54.5 Å². The molecule has 0 unspecified atom stereocenters. The van der Waals surface area contributed by atoms with E-state index in [-0.39, 0.29) is 12.5 Å². The van der Waals surface area contributed by atoms with E-state index >= 15 is 0 Å². The van der Waals surface area contributed by atoms with Crippen LogP contribution in [0.15, 0.2) is 6.20 Å². The topological polar surface area (TPSA) is 238 Å². The van der Waals surface area contributed by atoms with Gasteiger partial charge in [-0.15, -0.1) is 5.10 Å². The Labute approximate surface area is 273 Å². The molecule has 8 N–H and O–H groups in total. The molecule has 6 fully saturated rings. The molecule has 1 aromatic rings. The lowest BCUT2D eigenvalue weighted by Gasteiger charge is -2.54. The molecule has 0 spiro atoms. The van der Waals surface area contributed by atoms with Crippen LogP contribution in [0.3, 0.4) is 0 Å². The fourth-order valence-corrected chi connectivity index (χ4v) is 8.53. The Hall–Kier alpha value is -1.83. The monoisotopic (exact) mass is 670 g/mol. The summed E-state index contributed by atoms with van der Waals surface area (Å²) in [5, 5.41) is 82.6. The molecule has 266 valence electrons. The van der Waals surface area contributed by atoms with Crippen LogP contribution in [0.5, 0.6) is 0 Å². The molecule has 4 saturated carbocycles. The molecular weight excluding hydrogens is 620 g/mol. The number of nitrogens with zero attached hydrogens (tertiary/aromatic N) is 3. The first-order valence-electron chi connectivity index (χ1n) is 17.0. The highest BCUT2D eigenvalue weighted by Crippen LogP contribution is 2.53. The zero-order chi connectivity index (χ0) is 33.2. The Balaban J connectivity index is 0.899. The fourth-order valence-electron chi connectivity index (χ4n) is 8.53. The van der Waals surface area contributed by atoms with E-state index in [9.17, 15) is 40.5 Å². The number of ether oxygens (including phenoxy) is 4. The molecule has 47 heavy (non-hydrogen) atoms. The van der Waals surface area contributed by atoms with Gasteiger partial charge in [-0.25, -0.2) is 0 Å². The first-order chi connectivity index (χ1) is 22.6. The van der Waals surface area contributed by atoms with Crippen LogP contribution in [0.1, 0.15) is 63.5 Å². The van der Waals surface area contributed by atoms with Crippen LogP contribution in [-0.2, 0) is 36.9 Å². The molecule has 1 amide bonds. The van der Waals surface area contributed by atoms with Crippen LogP contribution in [0.2, 0.25) is 0 Å². The summed E-state index contributed by atoms with van der Waals surface area (Å²) in [4.78, 5) is 12.7. The summed E-state index contributed by atoms with van der Waals surface area (Å²) in [7, 11) is 0. The van der Waals surface area contributed by atoms with Gasteiger partial charge in [-0.05, 0) is 68.6 Å². The molecule has 6 aliphatic rings. The number of rotatable bonds is 14. The van der Waals surface area contributed by atoms with Crippen LogP contribution < -0.4 is 5.32 Å². The molecule has 7 rings (SSSR count). The number of aromatic nitrogens is 3. The second-order valence-corrected chi connectivity index (χ2v) is 14.1. The van der Waals surface area contributed by atoms with Crippen molar-refractivity contribution in [3.05, 3.63) is 11.9 Å². The van der Waals surface area contributed by atoms with Gasteiger partial charge in [0.15, 0.2) is 12.6 Å². The molecule has 16 nitrogen and oxygen atoms in total. The Bertz CT molecular complexity index is 1140. The minimum Gasteiger partial charge on any atom is -0.394 e. The van der Waals surface area contributed by atoms with Crippen molar-refractivity contribution in [1.82, 2.24) is 20.3 Å². The van der Waals surface area contributed by atoms with E-state index in [4.69, 9.17) is 18.9 Å². The van der Waals surface area contributed by atoms with E-state index in [1.807, 2.05) is 0 Å². The Morgan fingerprint density at radius 1 is 0.830 bits per heavy atom. The zero-order valence-electron chi connectivity index (χ0n) is 26.4. The molecule has 1 aromatic heterocycles. The number of aryl methyl sites for hydroxylation is 1. The number of nitrogens with one attached hydrogen (secondary N) is 1. The van der Waals surface area contributed by atoms with E-state index in [0.717, 1.165) is 31.1 Å². The number of hydrogen-bond donors (Lipinski definition) is 8. The van der Waals surface area contributed by atoms with Crippen molar-refractivity contribution in [2.75, 3.05) is 13.2 Å². The Morgan fingerprint density at radius 3 is 2.17 bits per heavy atom. The van der Waals surface area contributed by atoms with Gasteiger partial charge >= 0.3 is 0 Å². The molecular formula is C31H50N4O12. The van der Waals surface area contributed by atoms with Gasteiger partial charge in [0.2, 0.25) is 5.91 Å². The van der Waals surface area contributed by atoms with Crippen LogP contribution in [0.25, 0.3) is 0 Å². The smallest absolute Gasteiger partial charge is 0.220 e. The van der Waals surface area contributed by atoms with E-state index in [2.05, 4.69) is 15.6 Å². The van der Waals surface area contributed by atoms with Crippen molar-refractivity contribution in [3.8, 4) is 0 Å². The number of carbonyl (C=O) groups excluding carboxylic acids is 1. The highest BCUT2D eigenvalue weighted by Gasteiger charge is 2.51. The summed E-state index contributed by atoms with van der Waals surface area (Å²) in [6.07, 6.45) is -3.98. The van der Waals surface area contributed by atoms with Crippen molar-refractivity contribution >= 4 is 5.91 Å². The molecule has 2 saturated heterocycles. The maximum atomic E-state index is 12.7. The van der Waals surface area contributed by atoms with Gasteiger partial charge in [-0.3, -0.25) is 9.48 Å². The molecule has 4 aliphatic carbocycles. The first-order valence-corrected chi connectivity index (χ1v) is 17.0. The first kappa shape index (κ1) is 35.0. The van der Waals surface area contributed by atoms with Crippen molar-refractivity contribution in [3.63, 3.8) is 0 Å². The normalized spacial score (nSPS) is 42.9. The van der Waals surface area contributed by atoms with Gasteiger partial charge in [0.25, 0.3) is 0 Å². The van der Waals surface area contributed by atoms with E-state index in [0.29, 0.717) is 36.5 Å². The van der Waals surface area contributed by atoms with Crippen LogP contribution in [-0.4, -0.2) is 137 Å². The largest absolute Gasteiger partial charge is 0.394 e. The molecule has 2 aliphatic heterocycles. The van der Waals surface area contributed by atoms with Crippen molar-refractivity contribution in [2.45, 2.75) is 138 Å². The molecule has 3 heterocycles. The summed E-state index contributed by atoms with van der Waals surface area (Å²) in [6.45, 7) is -0.849. The number of aliphatic hydroxyl groups excluding tert-OH is 7. The van der Waals surface area contributed by atoms with Crippen LogP contribution in [0.4, 0.5) is 0 Å². The summed E-state index contributed by atoms with van der Waals surface area (Å²) >= 11 is 0. The van der Waals surface area contributed by atoms with Gasteiger partial charge in [0.05, 0.1) is 26.0 Å². The second-order valence-electron chi connectivity index (χ2n) is 14.1. The Morgan fingerprint density at radius 2 is 1.49 bits per heavy atom. The Kier molecular flexibility index (Phi) is 11.5. The third kappa shape index (κ3) is 7.83. The number of unbranched alkanes of at least 4 members (excludes halogenated alkanes) is 2. The molecule has 0 radical (unpaired) electrons. The molecule has 16 heteroatoms. The SMILES string of the molecule is O=C(CCCCCn1cc(CO[C@@H]2O[C@H](CO)[C@@H](O[C@@H]3O[C@H](CO)[C@H](O)[C@H](O)[C@H]3O)[C@H](O)[C@H]2O)nn1)NC1C2CC3CC(C2)CC1C3. The average molecular weight is 671 g/mol. The third-order valence-electron chi connectivity index (χ3n) is 10.8. The maximum absolute atomic E-state index is 12.7. The molecule has 4 bridgehead atoms. The number of amides is 1. The van der Waals surface area contributed by atoms with Crippen molar-refractivity contribution in [2.24, 2.45) is 23.7 Å². The number of carbonyl (C=O) groups is 1. The summed E-state index contributed by atoms with van der Waals surface area (Å²) in [5.41, 5.74) is 0.450. The van der Waals surface area contributed by atoms with Gasteiger partial charge < -0.3 is 60.0 Å². The maximum Gasteiger partial charge on any atom is 0.220 e. The minimum absolute atomic E-state index is 0.115. The number of aliphatic hydroxyl groups is 7. The number of hydrogen-bond acceptors (Lipinski definition) is 14. The lowest BCUT2D eigenvalue weighted by Crippen LogP contribution is -2.64. The van der Waals surface area contributed by atoms with E-state index in [1.54, 1.807) is 10.9 Å². The van der Waals surface area contributed by atoms with E-state index < -0.39 is 74.6 Å².